The maximum Gasteiger partial charge on any atom is 0.410 e. The van der Waals surface area contributed by atoms with Crippen LogP contribution in [-0.2, 0) is 4.74 Å². The predicted molar refractivity (Wildman–Crippen MR) is 94.5 cm³/mol. The summed E-state index contributed by atoms with van der Waals surface area (Å²) in [5.41, 5.74) is 0.0464. The van der Waals surface area contributed by atoms with Gasteiger partial charge in [-0.3, -0.25) is 0 Å². The zero-order chi connectivity index (χ0) is 17.3. The van der Waals surface area contributed by atoms with Crippen LogP contribution in [0, 0.1) is 17.3 Å². The maximum absolute atomic E-state index is 12.1. The summed E-state index contributed by atoms with van der Waals surface area (Å²) in [4.78, 5) is 14.0. The van der Waals surface area contributed by atoms with E-state index in [0.29, 0.717) is 17.4 Å². The molecule has 0 aromatic heterocycles. The first kappa shape index (κ1) is 18.6. The Labute approximate surface area is 142 Å². The zero-order valence-electron chi connectivity index (χ0n) is 15.9. The average Bonchev–Trinajstić information content (AvgIpc) is 2.80. The van der Waals surface area contributed by atoms with Crippen molar-refractivity contribution in [2.75, 3.05) is 19.6 Å². The van der Waals surface area contributed by atoms with Crippen LogP contribution < -0.4 is 5.32 Å². The molecule has 1 N–H and O–H groups in total. The molecule has 0 radical (unpaired) electrons. The SMILES string of the molecule is CC1CC(NCC2CCN(C(=O)OC(C)(C)C)C2)CC(C)(C)C1. The molecule has 2 rings (SSSR count). The summed E-state index contributed by atoms with van der Waals surface area (Å²) in [5.74, 6) is 1.36. The molecule has 1 aliphatic carbocycles. The summed E-state index contributed by atoms with van der Waals surface area (Å²) in [6.45, 7) is 15.6. The third kappa shape index (κ3) is 5.98. The molecule has 0 bridgehead atoms. The van der Waals surface area contributed by atoms with Gasteiger partial charge in [0.25, 0.3) is 0 Å². The zero-order valence-corrected chi connectivity index (χ0v) is 15.9. The molecule has 2 fully saturated rings. The van der Waals surface area contributed by atoms with Gasteiger partial charge in [0.15, 0.2) is 0 Å². The molecule has 4 nitrogen and oxygen atoms in total. The Hall–Kier alpha value is -0.770. The second-order valence-electron chi connectivity index (χ2n) is 9.60. The Morgan fingerprint density at radius 3 is 2.61 bits per heavy atom. The van der Waals surface area contributed by atoms with Crippen LogP contribution in [0.4, 0.5) is 4.79 Å². The molecule has 2 aliphatic rings. The summed E-state index contributed by atoms with van der Waals surface area (Å²) in [6, 6.07) is 0.629. The van der Waals surface area contributed by atoms with Gasteiger partial charge in [0, 0.05) is 19.1 Å². The number of likely N-dealkylation sites (tertiary alicyclic amines) is 1. The number of amides is 1. The van der Waals surface area contributed by atoms with E-state index in [-0.39, 0.29) is 6.09 Å². The molecule has 0 aromatic rings. The van der Waals surface area contributed by atoms with Crippen LogP contribution in [0.1, 0.15) is 67.2 Å². The van der Waals surface area contributed by atoms with E-state index in [1.54, 1.807) is 0 Å². The number of ether oxygens (including phenoxy) is 1. The van der Waals surface area contributed by atoms with Crippen molar-refractivity contribution in [2.24, 2.45) is 17.3 Å². The largest absolute Gasteiger partial charge is 0.444 e. The molecule has 134 valence electrons. The minimum atomic E-state index is -0.406. The Morgan fingerprint density at radius 2 is 2.00 bits per heavy atom. The highest BCUT2D eigenvalue weighted by Crippen LogP contribution is 2.38. The molecule has 0 aromatic carbocycles. The second kappa shape index (κ2) is 7.00. The number of carbonyl (C=O) groups is 1. The second-order valence-corrected chi connectivity index (χ2v) is 9.60. The molecular formula is C19H36N2O2. The molecule has 1 amide bonds. The van der Waals surface area contributed by atoms with Gasteiger partial charge in [0.05, 0.1) is 0 Å². The number of nitrogens with zero attached hydrogens (tertiary/aromatic N) is 1. The van der Waals surface area contributed by atoms with Gasteiger partial charge in [-0.1, -0.05) is 20.8 Å². The minimum Gasteiger partial charge on any atom is -0.444 e. The smallest absolute Gasteiger partial charge is 0.410 e. The van der Waals surface area contributed by atoms with Gasteiger partial charge in [0.2, 0.25) is 0 Å². The monoisotopic (exact) mass is 324 g/mol. The molecule has 1 heterocycles. The van der Waals surface area contributed by atoms with E-state index in [0.717, 1.165) is 32.0 Å². The summed E-state index contributed by atoms with van der Waals surface area (Å²) >= 11 is 0. The Balaban J connectivity index is 1.74. The lowest BCUT2D eigenvalue weighted by Gasteiger charge is -2.39. The average molecular weight is 325 g/mol. The van der Waals surface area contributed by atoms with Crippen LogP contribution in [0.15, 0.2) is 0 Å². The van der Waals surface area contributed by atoms with Crippen molar-refractivity contribution in [1.82, 2.24) is 10.2 Å². The molecule has 0 spiro atoms. The van der Waals surface area contributed by atoms with Crippen molar-refractivity contribution >= 4 is 6.09 Å². The fourth-order valence-electron chi connectivity index (χ4n) is 4.33. The summed E-state index contributed by atoms with van der Waals surface area (Å²) in [6.07, 6.45) is 4.80. The van der Waals surface area contributed by atoms with Gasteiger partial charge in [-0.05, 0) is 70.3 Å². The number of nitrogens with one attached hydrogen (secondary N) is 1. The lowest BCUT2D eigenvalue weighted by Crippen LogP contribution is -2.42. The Kier molecular flexibility index (Phi) is 5.65. The number of hydrogen-bond acceptors (Lipinski definition) is 3. The lowest BCUT2D eigenvalue weighted by molar-refractivity contribution is 0.0288. The van der Waals surface area contributed by atoms with Crippen molar-refractivity contribution in [1.29, 1.82) is 0 Å². The molecule has 23 heavy (non-hydrogen) atoms. The molecule has 4 heteroatoms. The molecule has 1 aliphatic heterocycles. The summed E-state index contributed by atoms with van der Waals surface area (Å²) < 4.78 is 5.47. The first-order chi connectivity index (χ1) is 10.5. The predicted octanol–water partition coefficient (Wildman–Crippen LogP) is 4.05. The molecular weight excluding hydrogens is 288 g/mol. The van der Waals surface area contributed by atoms with E-state index in [1.807, 2.05) is 25.7 Å². The third-order valence-electron chi connectivity index (χ3n) is 5.02. The fraction of sp³-hybridized carbons (Fsp3) is 0.947. The van der Waals surface area contributed by atoms with Crippen molar-refractivity contribution in [3.63, 3.8) is 0 Å². The maximum atomic E-state index is 12.1. The van der Waals surface area contributed by atoms with Crippen LogP contribution >= 0.6 is 0 Å². The molecule has 1 saturated heterocycles. The normalized spacial score (nSPS) is 31.2. The number of hydrogen-bond donors (Lipinski definition) is 1. The van der Waals surface area contributed by atoms with E-state index in [4.69, 9.17) is 4.74 Å². The molecule has 3 unspecified atom stereocenters. The van der Waals surface area contributed by atoms with Gasteiger partial charge in [0.1, 0.15) is 5.60 Å². The number of rotatable bonds is 3. The summed E-state index contributed by atoms with van der Waals surface area (Å²) in [7, 11) is 0. The van der Waals surface area contributed by atoms with E-state index < -0.39 is 5.60 Å². The Morgan fingerprint density at radius 1 is 1.30 bits per heavy atom. The fourth-order valence-corrected chi connectivity index (χ4v) is 4.33. The van der Waals surface area contributed by atoms with Gasteiger partial charge >= 0.3 is 6.09 Å². The first-order valence-corrected chi connectivity index (χ1v) is 9.25. The van der Waals surface area contributed by atoms with Gasteiger partial charge in [-0.2, -0.15) is 0 Å². The van der Waals surface area contributed by atoms with Gasteiger partial charge < -0.3 is 15.0 Å². The first-order valence-electron chi connectivity index (χ1n) is 9.25. The van der Waals surface area contributed by atoms with E-state index in [1.165, 1.54) is 19.3 Å². The van der Waals surface area contributed by atoms with Crippen LogP contribution in [0.25, 0.3) is 0 Å². The van der Waals surface area contributed by atoms with Gasteiger partial charge in [-0.15, -0.1) is 0 Å². The highest BCUT2D eigenvalue weighted by atomic mass is 16.6. The summed E-state index contributed by atoms with van der Waals surface area (Å²) in [5, 5.41) is 3.78. The quantitative estimate of drug-likeness (QED) is 0.851. The molecule has 3 atom stereocenters. The van der Waals surface area contributed by atoms with E-state index >= 15 is 0 Å². The van der Waals surface area contributed by atoms with Crippen LogP contribution in [-0.4, -0.2) is 42.3 Å². The Bertz CT molecular complexity index is 414. The third-order valence-corrected chi connectivity index (χ3v) is 5.02. The standard InChI is InChI=1S/C19H36N2O2/c1-14-9-16(11-19(5,6)10-14)20-12-15-7-8-21(13-15)17(22)23-18(2,3)4/h14-16,20H,7-13H2,1-6H3. The topological polar surface area (TPSA) is 41.6 Å². The van der Waals surface area contributed by atoms with Crippen molar-refractivity contribution in [2.45, 2.75) is 78.9 Å². The van der Waals surface area contributed by atoms with Crippen molar-refractivity contribution < 1.29 is 9.53 Å². The molecule has 1 saturated carbocycles. The highest BCUT2D eigenvalue weighted by Gasteiger charge is 2.33. The van der Waals surface area contributed by atoms with Crippen molar-refractivity contribution in [3.8, 4) is 0 Å². The van der Waals surface area contributed by atoms with Crippen LogP contribution in [0.2, 0.25) is 0 Å². The van der Waals surface area contributed by atoms with Gasteiger partial charge in [-0.25, -0.2) is 4.79 Å². The van der Waals surface area contributed by atoms with Crippen molar-refractivity contribution in [3.05, 3.63) is 0 Å². The van der Waals surface area contributed by atoms with Crippen LogP contribution in [0.3, 0.4) is 0 Å². The van der Waals surface area contributed by atoms with E-state index in [2.05, 4.69) is 26.1 Å². The minimum absolute atomic E-state index is 0.160. The van der Waals surface area contributed by atoms with E-state index in [9.17, 15) is 4.79 Å². The van der Waals surface area contributed by atoms with Crippen LogP contribution in [0.5, 0.6) is 0 Å². The lowest BCUT2D eigenvalue weighted by atomic mass is 9.70. The highest BCUT2D eigenvalue weighted by molar-refractivity contribution is 5.68. The number of carbonyl (C=O) groups excluding carboxylic acids is 1.